The summed E-state index contributed by atoms with van der Waals surface area (Å²) >= 11 is 6.33. The van der Waals surface area contributed by atoms with Crippen molar-refractivity contribution in [3.8, 4) is 11.3 Å². The summed E-state index contributed by atoms with van der Waals surface area (Å²) in [6.45, 7) is 2.04. The molecule has 108 valence electrons. The van der Waals surface area contributed by atoms with Gasteiger partial charge in [0, 0.05) is 22.0 Å². The molecule has 0 saturated heterocycles. The van der Waals surface area contributed by atoms with E-state index in [4.69, 9.17) is 16.0 Å². The average molecular weight is 304 g/mol. The number of furan rings is 1. The smallest absolute Gasteiger partial charge is 0.170 e. The molecule has 1 heterocycles. The molecule has 0 amide bonds. The van der Waals surface area contributed by atoms with Crippen LogP contribution in [0.2, 0.25) is 5.02 Å². The van der Waals surface area contributed by atoms with Gasteiger partial charge in [-0.2, -0.15) is 0 Å². The van der Waals surface area contributed by atoms with Crippen LogP contribution in [0.4, 0.5) is 4.39 Å². The monoisotopic (exact) mass is 303 g/mol. The maximum atomic E-state index is 13.7. The van der Waals surface area contributed by atoms with Crippen molar-refractivity contribution in [2.24, 2.45) is 0 Å². The first kappa shape index (κ1) is 14.1. The third-order valence-corrected chi connectivity index (χ3v) is 4.01. The lowest BCUT2D eigenvalue weighted by molar-refractivity contribution is 0.568. The largest absolute Gasteiger partial charge is 0.453 e. The van der Waals surface area contributed by atoms with Gasteiger partial charge in [0.05, 0.1) is 0 Å². The molecular weight excluding hydrogens is 289 g/mol. The maximum absolute atomic E-state index is 13.7. The van der Waals surface area contributed by atoms with E-state index < -0.39 is 0 Å². The van der Waals surface area contributed by atoms with Gasteiger partial charge in [0.15, 0.2) is 11.4 Å². The minimum absolute atomic E-state index is 0.166. The van der Waals surface area contributed by atoms with E-state index in [-0.39, 0.29) is 17.4 Å². The van der Waals surface area contributed by atoms with E-state index in [1.807, 2.05) is 44.3 Å². The number of halogens is 2. The third kappa shape index (κ3) is 2.55. The molecule has 2 nitrogen and oxygen atoms in total. The number of fused-ring (bicyclic) bond motifs is 1. The van der Waals surface area contributed by atoms with E-state index in [1.165, 1.54) is 6.07 Å². The highest BCUT2D eigenvalue weighted by Crippen LogP contribution is 2.33. The minimum atomic E-state index is -0.356. The van der Waals surface area contributed by atoms with Crippen molar-refractivity contribution in [1.29, 1.82) is 0 Å². The Hall–Kier alpha value is -1.84. The van der Waals surface area contributed by atoms with E-state index in [0.29, 0.717) is 10.8 Å². The first-order valence-corrected chi connectivity index (χ1v) is 7.13. The van der Waals surface area contributed by atoms with Gasteiger partial charge < -0.3 is 9.73 Å². The summed E-state index contributed by atoms with van der Waals surface area (Å²) < 4.78 is 19.3. The lowest BCUT2D eigenvalue weighted by Gasteiger charge is -2.13. The van der Waals surface area contributed by atoms with E-state index in [2.05, 4.69) is 5.32 Å². The van der Waals surface area contributed by atoms with E-state index >= 15 is 0 Å². The number of hydrogen-bond donors (Lipinski definition) is 1. The molecule has 0 saturated carbocycles. The fourth-order valence-electron chi connectivity index (χ4n) is 2.36. The van der Waals surface area contributed by atoms with Crippen LogP contribution in [0.5, 0.6) is 0 Å². The maximum Gasteiger partial charge on any atom is 0.170 e. The molecular formula is C17H15ClFNO. The van der Waals surface area contributed by atoms with Gasteiger partial charge in [-0.25, -0.2) is 4.39 Å². The Morgan fingerprint density at radius 3 is 2.67 bits per heavy atom. The molecule has 3 rings (SSSR count). The second-order valence-electron chi connectivity index (χ2n) is 5.02. The molecule has 4 heteroatoms. The zero-order valence-electron chi connectivity index (χ0n) is 11.8. The van der Waals surface area contributed by atoms with Crippen LogP contribution >= 0.6 is 11.6 Å². The van der Waals surface area contributed by atoms with E-state index in [0.717, 1.165) is 16.5 Å². The Labute approximate surface area is 127 Å². The average Bonchev–Trinajstić information content (AvgIpc) is 2.92. The lowest BCUT2D eigenvalue weighted by Crippen LogP contribution is -2.12. The van der Waals surface area contributed by atoms with Gasteiger partial charge >= 0.3 is 0 Å². The molecule has 21 heavy (non-hydrogen) atoms. The molecule has 0 aliphatic rings. The van der Waals surface area contributed by atoms with Crippen molar-refractivity contribution < 1.29 is 8.81 Å². The minimum Gasteiger partial charge on any atom is -0.453 e. The third-order valence-electron chi connectivity index (χ3n) is 3.68. The Morgan fingerprint density at radius 1 is 1.19 bits per heavy atom. The Balaban J connectivity index is 2.06. The van der Waals surface area contributed by atoms with Crippen LogP contribution in [0.3, 0.4) is 0 Å². The highest BCUT2D eigenvalue weighted by Gasteiger charge is 2.13. The fraction of sp³-hybridized carbons (Fsp3) is 0.176. The summed E-state index contributed by atoms with van der Waals surface area (Å²) in [5, 5.41) is 4.56. The van der Waals surface area contributed by atoms with Crippen LogP contribution in [0.1, 0.15) is 18.5 Å². The topological polar surface area (TPSA) is 25.2 Å². The van der Waals surface area contributed by atoms with Crippen LogP contribution in [-0.4, -0.2) is 7.05 Å². The van der Waals surface area contributed by atoms with Gasteiger partial charge in [0.25, 0.3) is 0 Å². The molecule has 0 spiro atoms. The lowest BCUT2D eigenvalue weighted by atomic mass is 10.0. The molecule has 0 aliphatic carbocycles. The first-order valence-electron chi connectivity index (χ1n) is 6.75. The van der Waals surface area contributed by atoms with Crippen LogP contribution < -0.4 is 5.32 Å². The van der Waals surface area contributed by atoms with Crippen molar-refractivity contribution in [3.05, 3.63) is 58.9 Å². The van der Waals surface area contributed by atoms with E-state index in [9.17, 15) is 4.39 Å². The van der Waals surface area contributed by atoms with Crippen molar-refractivity contribution in [3.63, 3.8) is 0 Å². The Kier molecular flexibility index (Phi) is 3.70. The molecule has 1 unspecified atom stereocenters. The summed E-state index contributed by atoms with van der Waals surface area (Å²) in [4.78, 5) is 0. The SMILES string of the molecule is CNC(C)c1ccc(-c2cc3cccc(F)c3o2)cc1Cl. The second-order valence-corrected chi connectivity index (χ2v) is 5.42. The van der Waals surface area contributed by atoms with Crippen LogP contribution in [0.15, 0.2) is 46.9 Å². The number of rotatable bonds is 3. The Morgan fingerprint density at radius 2 is 2.00 bits per heavy atom. The summed E-state index contributed by atoms with van der Waals surface area (Å²) in [6.07, 6.45) is 0. The number of nitrogens with one attached hydrogen (secondary N) is 1. The standard InChI is InChI=1S/C17H15ClFNO/c1-10(20-2)13-7-6-11(8-14(13)18)16-9-12-4-3-5-15(19)17(12)21-16/h3-10,20H,1-2H3. The summed E-state index contributed by atoms with van der Waals surface area (Å²) in [6, 6.07) is 12.6. The van der Waals surface area contributed by atoms with Crippen molar-refractivity contribution >= 4 is 22.6 Å². The number of para-hydroxylation sites is 1. The molecule has 2 aromatic carbocycles. The van der Waals surface area contributed by atoms with E-state index in [1.54, 1.807) is 6.07 Å². The molecule has 1 atom stereocenters. The molecule has 0 aliphatic heterocycles. The predicted octanol–water partition coefficient (Wildman–Crippen LogP) is 5.17. The van der Waals surface area contributed by atoms with Gasteiger partial charge in [-0.15, -0.1) is 0 Å². The van der Waals surface area contributed by atoms with Gasteiger partial charge in [-0.05, 0) is 37.7 Å². The summed E-state index contributed by atoms with van der Waals surface area (Å²) in [7, 11) is 1.89. The molecule has 0 radical (unpaired) electrons. The molecule has 0 fully saturated rings. The molecule has 1 aromatic heterocycles. The Bertz CT molecular complexity index is 797. The summed E-state index contributed by atoms with van der Waals surface area (Å²) in [5.41, 5.74) is 2.13. The van der Waals surface area contributed by atoms with Crippen LogP contribution in [0.25, 0.3) is 22.3 Å². The number of hydrogen-bond acceptors (Lipinski definition) is 2. The summed E-state index contributed by atoms with van der Waals surface area (Å²) in [5.74, 6) is 0.255. The van der Waals surface area contributed by atoms with Crippen molar-refractivity contribution in [2.45, 2.75) is 13.0 Å². The molecule has 1 N–H and O–H groups in total. The molecule has 3 aromatic rings. The quantitative estimate of drug-likeness (QED) is 0.722. The van der Waals surface area contributed by atoms with Crippen molar-refractivity contribution in [2.75, 3.05) is 7.05 Å². The van der Waals surface area contributed by atoms with Gasteiger partial charge in [0.1, 0.15) is 5.76 Å². The zero-order chi connectivity index (χ0) is 15.0. The van der Waals surface area contributed by atoms with Gasteiger partial charge in [-0.3, -0.25) is 0 Å². The second kappa shape index (κ2) is 5.51. The first-order chi connectivity index (χ1) is 10.1. The zero-order valence-corrected chi connectivity index (χ0v) is 12.5. The highest BCUT2D eigenvalue weighted by atomic mass is 35.5. The highest BCUT2D eigenvalue weighted by molar-refractivity contribution is 6.31. The van der Waals surface area contributed by atoms with Crippen LogP contribution in [-0.2, 0) is 0 Å². The van der Waals surface area contributed by atoms with Crippen molar-refractivity contribution in [1.82, 2.24) is 5.32 Å². The van der Waals surface area contributed by atoms with Gasteiger partial charge in [0.2, 0.25) is 0 Å². The van der Waals surface area contributed by atoms with Gasteiger partial charge in [-0.1, -0.05) is 35.9 Å². The number of benzene rings is 2. The fourth-order valence-corrected chi connectivity index (χ4v) is 2.70. The van der Waals surface area contributed by atoms with Crippen LogP contribution in [0, 0.1) is 5.82 Å². The molecule has 0 bridgehead atoms. The predicted molar refractivity (Wildman–Crippen MR) is 84.1 cm³/mol. The normalized spacial score (nSPS) is 12.8.